The van der Waals surface area contributed by atoms with E-state index < -0.39 is 0 Å². The molecule has 2 heterocycles. The van der Waals surface area contributed by atoms with E-state index in [1.165, 1.54) is 12.1 Å². The molecule has 0 bridgehead atoms. The highest BCUT2D eigenvalue weighted by molar-refractivity contribution is 5.78. The standard InChI is InChI=1S/C19H22FN3O/c1-12(2)19(24)23-10-8-16-13(3)21-18(22-17(16)9-11-23)14-4-6-15(20)7-5-14/h4-7,12H,8-11H2,1-3H3. The third kappa shape index (κ3) is 3.30. The van der Waals surface area contributed by atoms with Crippen LogP contribution in [0.4, 0.5) is 4.39 Å². The number of nitrogens with zero attached hydrogens (tertiary/aromatic N) is 3. The zero-order chi connectivity index (χ0) is 17.3. The van der Waals surface area contributed by atoms with Crippen molar-refractivity contribution in [3.05, 3.63) is 47.0 Å². The summed E-state index contributed by atoms with van der Waals surface area (Å²) in [4.78, 5) is 23.5. The van der Waals surface area contributed by atoms with Crippen LogP contribution in [0.1, 0.15) is 30.8 Å². The Hall–Kier alpha value is -2.30. The normalized spacial score (nSPS) is 14.5. The zero-order valence-corrected chi connectivity index (χ0v) is 14.3. The van der Waals surface area contributed by atoms with Gasteiger partial charge in [-0.1, -0.05) is 13.8 Å². The number of carbonyl (C=O) groups is 1. The van der Waals surface area contributed by atoms with Crippen LogP contribution in [0.2, 0.25) is 0 Å². The molecule has 0 saturated heterocycles. The minimum absolute atomic E-state index is 0.00756. The molecule has 0 unspecified atom stereocenters. The van der Waals surface area contributed by atoms with Crippen LogP contribution >= 0.6 is 0 Å². The van der Waals surface area contributed by atoms with Crippen molar-refractivity contribution in [1.29, 1.82) is 0 Å². The second kappa shape index (κ2) is 6.67. The van der Waals surface area contributed by atoms with Crippen molar-refractivity contribution in [3.63, 3.8) is 0 Å². The molecule has 1 aliphatic heterocycles. The highest BCUT2D eigenvalue weighted by Crippen LogP contribution is 2.23. The highest BCUT2D eigenvalue weighted by atomic mass is 19.1. The number of benzene rings is 1. The van der Waals surface area contributed by atoms with Crippen LogP contribution in [0.5, 0.6) is 0 Å². The van der Waals surface area contributed by atoms with Gasteiger partial charge in [-0.25, -0.2) is 14.4 Å². The molecule has 1 amide bonds. The lowest BCUT2D eigenvalue weighted by atomic mass is 10.1. The Balaban J connectivity index is 1.90. The summed E-state index contributed by atoms with van der Waals surface area (Å²) in [6.07, 6.45) is 1.51. The summed E-state index contributed by atoms with van der Waals surface area (Å²) in [5, 5.41) is 0. The predicted octanol–water partition coefficient (Wildman–Crippen LogP) is 3.17. The summed E-state index contributed by atoms with van der Waals surface area (Å²) in [5.41, 5.74) is 3.89. The topological polar surface area (TPSA) is 46.1 Å². The van der Waals surface area contributed by atoms with E-state index in [4.69, 9.17) is 4.98 Å². The van der Waals surface area contributed by atoms with Gasteiger partial charge in [-0.15, -0.1) is 0 Å². The fourth-order valence-electron chi connectivity index (χ4n) is 3.10. The van der Waals surface area contributed by atoms with Crippen molar-refractivity contribution in [2.45, 2.75) is 33.6 Å². The molecule has 24 heavy (non-hydrogen) atoms. The van der Waals surface area contributed by atoms with E-state index in [-0.39, 0.29) is 17.6 Å². The summed E-state index contributed by atoms with van der Waals surface area (Å²) in [7, 11) is 0. The molecule has 0 radical (unpaired) electrons. The largest absolute Gasteiger partial charge is 0.342 e. The molecule has 0 atom stereocenters. The molecule has 0 fully saturated rings. The molecular weight excluding hydrogens is 305 g/mol. The molecule has 1 aromatic carbocycles. The van der Waals surface area contributed by atoms with Gasteiger partial charge in [0.1, 0.15) is 5.82 Å². The third-order valence-electron chi connectivity index (χ3n) is 4.46. The van der Waals surface area contributed by atoms with E-state index in [0.29, 0.717) is 18.9 Å². The quantitative estimate of drug-likeness (QED) is 0.851. The van der Waals surface area contributed by atoms with Crippen LogP contribution in [0, 0.1) is 18.7 Å². The Labute approximate surface area is 141 Å². The Morgan fingerprint density at radius 2 is 1.79 bits per heavy atom. The van der Waals surface area contributed by atoms with Crippen molar-refractivity contribution in [2.24, 2.45) is 5.92 Å². The van der Waals surface area contributed by atoms with Gasteiger partial charge in [0.05, 0.1) is 0 Å². The average molecular weight is 327 g/mol. The van der Waals surface area contributed by atoms with E-state index in [2.05, 4.69) is 4.98 Å². The molecule has 0 N–H and O–H groups in total. The molecule has 1 aromatic heterocycles. The van der Waals surface area contributed by atoms with Crippen LogP contribution < -0.4 is 0 Å². The summed E-state index contributed by atoms with van der Waals surface area (Å²) in [6.45, 7) is 7.23. The monoisotopic (exact) mass is 327 g/mol. The number of fused-ring (bicyclic) bond motifs is 1. The Kier molecular flexibility index (Phi) is 4.60. The first-order valence-electron chi connectivity index (χ1n) is 8.37. The summed E-state index contributed by atoms with van der Waals surface area (Å²) in [5.74, 6) is 0.545. The number of hydrogen-bond donors (Lipinski definition) is 0. The zero-order valence-electron chi connectivity index (χ0n) is 14.3. The number of carbonyl (C=O) groups excluding carboxylic acids is 1. The Morgan fingerprint density at radius 1 is 1.12 bits per heavy atom. The molecule has 4 nitrogen and oxygen atoms in total. The number of aryl methyl sites for hydroxylation is 1. The minimum Gasteiger partial charge on any atom is -0.342 e. The van der Waals surface area contributed by atoms with Crippen LogP contribution in [-0.4, -0.2) is 33.9 Å². The molecule has 0 aliphatic carbocycles. The second-order valence-corrected chi connectivity index (χ2v) is 6.54. The highest BCUT2D eigenvalue weighted by Gasteiger charge is 2.23. The molecule has 1 aliphatic rings. The average Bonchev–Trinajstić information content (AvgIpc) is 2.77. The van der Waals surface area contributed by atoms with Crippen molar-refractivity contribution < 1.29 is 9.18 Å². The SMILES string of the molecule is Cc1nc(-c2ccc(F)cc2)nc2c1CCN(C(=O)C(C)C)CC2. The van der Waals surface area contributed by atoms with Crippen molar-refractivity contribution in [1.82, 2.24) is 14.9 Å². The van der Waals surface area contributed by atoms with Gasteiger partial charge >= 0.3 is 0 Å². The predicted molar refractivity (Wildman–Crippen MR) is 91.0 cm³/mol. The number of rotatable bonds is 2. The summed E-state index contributed by atoms with van der Waals surface area (Å²) >= 11 is 0. The first-order chi connectivity index (χ1) is 11.5. The van der Waals surface area contributed by atoms with Crippen LogP contribution in [0.25, 0.3) is 11.4 Å². The maximum atomic E-state index is 13.1. The second-order valence-electron chi connectivity index (χ2n) is 6.54. The van der Waals surface area contributed by atoms with E-state index in [0.717, 1.165) is 35.4 Å². The molecule has 126 valence electrons. The fourth-order valence-corrected chi connectivity index (χ4v) is 3.10. The smallest absolute Gasteiger partial charge is 0.225 e. The lowest BCUT2D eigenvalue weighted by molar-refractivity contribution is -0.134. The van der Waals surface area contributed by atoms with Crippen LogP contribution in [-0.2, 0) is 17.6 Å². The Bertz CT molecular complexity index is 756. The summed E-state index contributed by atoms with van der Waals surface area (Å²) < 4.78 is 13.1. The number of aromatic nitrogens is 2. The first kappa shape index (κ1) is 16.6. The lowest BCUT2D eigenvalue weighted by Gasteiger charge is -2.22. The van der Waals surface area contributed by atoms with E-state index in [1.54, 1.807) is 12.1 Å². The Morgan fingerprint density at radius 3 is 2.46 bits per heavy atom. The first-order valence-corrected chi connectivity index (χ1v) is 8.37. The van der Waals surface area contributed by atoms with Gasteiger partial charge in [-0.2, -0.15) is 0 Å². The molecule has 3 rings (SSSR count). The molecule has 0 saturated carbocycles. The van der Waals surface area contributed by atoms with Crippen LogP contribution in [0.15, 0.2) is 24.3 Å². The molecule has 2 aromatic rings. The van der Waals surface area contributed by atoms with Gasteiger partial charge in [0.25, 0.3) is 0 Å². The van der Waals surface area contributed by atoms with Crippen molar-refractivity contribution >= 4 is 5.91 Å². The molecule has 5 heteroatoms. The summed E-state index contributed by atoms with van der Waals surface area (Å²) in [6, 6.07) is 6.23. The van der Waals surface area contributed by atoms with Crippen molar-refractivity contribution in [3.8, 4) is 11.4 Å². The van der Waals surface area contributed by atoms with Crippen LogP contribution in [0.3, 0.4) is 0 Å². The van der Waals surface area contributed by atoms with E-state index >= 15 is 0 Å². The van der Waals surface area contributed by atoms with E-state index in [9.17, 15) is 9.18 Å². The van der Waals surface area contributed by atoms with Gasteiger partial charge in [-0.3, -0.25) is 4.79 Å². The maximum absolute atomic E-state index is 13.1. The van der Waals surface area contributed by atoms with Gasteiger partial charge in [-0.05, 0) is 43.2 Å². The molecular formula is C19H22FN3O. The van der Waals surface area contributed by atoms with Gasteiger partial charge < -0.3 is 4.90 Å². The minimum atomic E-state index is -0.270. The van der Waals surface area contributed by atoms with Crippen molar-refractivity contribution in [2.75, 3.05) is 13.1 Å². The number of amides is 1. The number of halogens is 1. The van der Waals surface area contributed by atoms with Gasteiger partial charge in [0, 0.05) is 42.4 Å². The lowest BCUT2D eigenvalue weighted by Crippen LogP contribution is -2.36. The van der Waals surface area contributed by atoms with Gasteiger partial charge in [0.15, 0.2) is 5.82 Å². The maximum Gasteiger partial charge on any atom is 0.225 e. The van der Waals surface area contributed by atoms with Gasteiger partial charge in [0.2, 0.25) is 5.91 Å². The molecule has 0 spiro atoms. The third-order valence-corrected chi connectivity index (χ3v) is 4.46. The fraction of sp³-hybridized carbons (Fsp3) is 0.421. The number of hydrogen-bond acceptors (Lipinski definition) is 3. The van der Waals surface area contributed by atoms with E-state index in [1.807, 2.05) is 25.7 Å².